The van der Waals surface area contributed by atoms with E-state index < -0.39 is 0 Å². The van der Waals surface area contributed by atoms with Gasteiger partial charge in [-0.15, -0.1) is 0 Å². The normalized spacial score (nSPS) is 12.5. The summed E-state index contributed by atoms with van der Waals surface area (Å²) in [4.78, 5) is 0. The minimum absolute atomic E-state index is 0.00190. The number of hydrogen-bond acceptors (Lipinski definition) is 2. The van der Waals surface area contributed by atoms with E-state index in [9.17, 15) is 0 Å². The summed E-state index contributed by atoms with van der Waals surface area (Å²) >= 11 is 3.51. The third-order valence-electron chi connectivity index (χ3n) is 3.70. The zero-order valence-corrected chi connectivity index (χ0v) is 13.4. The van der Waals surface area contributed by atoms with Gasteiger partial charge in [0.15, 0.2) is 0 Å². The first-order valence-corrected chi connectivity index (χ1v) is 7.68. The third kappa shape index (κ3) is 3.00. The van der Waals surface area contributed by atoms with Gasteiger partial charge in [-0.25, -0.2) is 5.43 Å². The van der Waals surface area contributed by atoms with Gasteiger partial charge in [0.1, 0.15) is 0 Å². The molecule has 0 saturated carbocycles. The number of hydrogen-bond donors (Lipinski definition) is 2. The van der Waals surface area contributed by atoms with E-state index in [2.05, 4.69) is 88.9 Å². The average Bonchev–Trinajstić information content (AvgIpc) is 2.48. The minimum Gasteiger partial charge on any atom is -0.271 e. The molecule has 3 rings (SSSR count). The molecule has 0 aliphatic heterocycles. The molecule has 3 aromatic carbocycles. The third-order valence-corrected chi connectivity index (χ3v) is 4.20. The van der Waals surface area contributed by atoms with Crippen LogP contribution in [-0.4, -0.2) is 0 Å². The van der Waals surface area contributed by atoms with Crippen molar-refractivity contribution < 1.29 is 0 Å². The van der Waals surface area contributed by atoms with Gasteiger partial charge in [0.25, 0.3) is 0 Å². The molecular formula is C18H17BrN2. The molecule has 3 heteroatoms. The van der Waals surface area contributed by atoms with Crippen LogP contribution in [0.2, 0.25) is 0 Å². The zero-order chi connectivity index (χ0) is 14.8. The fraction of sp³-hybridized carbons (Fsp3) is 0.111. The number of nitrogens with one attached hydrogen (secondary N) is 1. The molecule has 1 unspecified atom stereocenters. The summed E-state index contributed by atoms with van der Waals surface area (Å²) in [6.07, 6.45) is 0. The number of benzene rings is 3. The predicted octanol–water partition coefficient (Wildman–Crippen LogP) is 4.46. The highest BCUT2D eigenvalue weighted by molar-refractivity contribution is 9.10. The Morgan fingerprint density at radius 1 is 0.905 bits per heavy atom. The van der Waals surface area contributed by atoms with Crippen molar-refractivity contribution >= 4 is 26.7 Å². The van der Waals surface area contributed by atoms with Gasteiger partial charge in [-0.3, -0.25) is 5.84 Å². The number of aryl methyl sites for hydroxylation is 1. The summed E-state index contributed by atoms with van der Waals surface area (Å²) in [5.74, 6) is 5.80. The number of halogens is 1. The second-order valence-corrected chi connectivity index (χ2v) is 6.18. The molecule has 2 nitrogen and oxygen atoms in total. The van der Waals surface area contributed by atoms with Crippen molar-refractivity contribution in [1.82, 2.24) is 5.43 Å². The van der Waals surface area contributed by atoms with E-state index in [0.29, 0.717) is 0 Å². The van der Waals surface area contributed by atoms with Gasteiger partial charge in [0.05, 0.1) is 6.04 Å². The molecule has 0 aliphatic rings. The predicted molar refractivity (Wildman–Crippen MR) is 92.0 cm³/mol. The summed E-state index contributed by atoms with van der Waals surface area (Å²) in [6, 6.07) is 21.2. The molecular weight excluding hydrogens is 324 g/mol. The molecule has 3 aromatic rings. The highest BCUT2D eigenvalue weighted by Crippen LogP contribution is 2.27. The van der Waals surface area contributed by atoms with Crippen molar-refractivity contribution in [2.75, 3.05) is 0 Å². The van der Waals surface area contributed by atoms with Gasteiger partial charge in [-0.1, -0.05) is 64.0 Å². The second kappa shape index (κ2) is 5.98. The Morgan fingerprint density at radius 3 is 2.38 bits per heavy atom. The number of nitrogens with two attached hydrogens (primary N) is 1. The van der Waals surface area contributed by atoms with Crippen molar-refractivity contribution in [3.05, 3.63) is 81.8 Å². The summed E-state index contributed by atoms with van der Waals surface area (Å²) < 4.78 is 1.09. The molecule has 1 atom stereocenters. The number of hydrazine groups is 1. The largest absolute Gasteiger partial charge is 0.271 e. The van der Waals surface area contributed by atoms with E-state index in [0.717, 1.165) is 10.0 Å². The zero-order valence-electron chi connectivity index (χ0n) is 11.8. The Labute approximate surface area is 133 Å². The highest BCUT2D eigenvalue weighted by Gasteiger charge is 2.12. The van der Waals surface area contributed by atoms with Crippen molar-refractivity contribution in [3.63, 3.8) is 0 Å². The van der Waals surface area contributed by atoms with E-state index in [1.165, 1.54) is 21.9 Å². The lowest BCUT2D eigenvalue weighted by Crippen LogP contribution is -2.28. The van der Waals surface area contributed by atoms with Crippen LogP contribution < -0.4 is 11.3 Å². The second-order valence-electron chi connectivity index (χ2n) is 5.26. The van der Waals surface area contributed by atoms with Crippen molar-refractivity contribution in [3.8, 4) is 0 Å². The Hall–Kier alpha value is -1.68. The molecule has 0 spiro atoms. The van der Waals surface area contributed by atoms with Crippen LogP contribution in [0.25, 0.3) is 10.8 Å². The summed E-state index contributed by atoms with van der Waals surface area (Å²) in [5, 5.41) is 2.43. The standard InChI is InChI=1S/C18H17BrN2/c1-12-3-2-4-15(9-12)18(21-20)16-6-5-14-11-17(19)8-7-13(14)10-16/h2-11,18,21H,20H2,1H3. The van der Waals surface area contributed by atoms with Gasteiger partial charge in [0, 0.05) is 4.47 Å². The summed E-state index contributed by atoms with van der Waals surface area (Å²) in [6.45, 7) is 2.09. The maximum Gasteiger partial charge on any atom is 0.0710 e. The van der Waals surface area contributed by atoms with E-state index >= 15 is 0 Å². The van der Waals surface area contributed by atoms with Gasteiger partial charge >= 0.3 is 0 Å². The molecule has 21 heavy (non-hydrogen) atoms. The van der Waals surface area contributed by atoms with Crippen LogP contribution in [-0.2, 0) is 0 Å². The summed E-state index contributed by atoms with van der Waals surface area (Å²) in [7, 11) is 0. The Bertz CT molecular complexity index is 783. The quantitative estimate of drug-likeness (QED) is 0.545. The van der Waals surface area contributed by atoms with E-state index in [-0.39, 0.29) is 6.04 Å². The fourth-order valence-corrected chi connectivity index (χ4v) is 3.03. The molecule has 106 valence electrons. The SMILES string of the molecule is Cc1cccc(C(NN)c2ccc3cc(Br)ccc3c2)c1. The molecule has 0 radical (unpaired) electrons. The number of fused-ring (bicyclic) bond motifs is 1. The van der Waals surface area contributed by atoms with Gasteiger partial charge < -0.3 is 0 Å². The molecule has 3 N–H and O–H groups in total. The maximum atomic E-state index is 5.80. The lowest BCUT2D eigenvalue weighted by molar-refractivity contribution is 0.637. The monoisotopic (exact) mass is 340 g/mol. The van der Waals surface area contributed by atoms with Crippen LogP contribution in [0.4, 0.5) is 0 Å². The van der Waals surface area contributed by atoms with Crippen LogP contribution in [0.5, 0.6) is 0 Å². The molecule has 0 saturated heterocycles. The van der Waals surface area contributed by atoms with Gasteiger partial charge in [-0.2, -0.15) is 0 Å². The molecule has 0 heterocycles. The fourth-order valence-electron chi connectivity index (χ4n) is 2.65. The first-order valence-electron chi connectivity index (χ1n) is 6.89. The van der Waals surface area contributed by atoms with Crippen molar-refractivity contribution in [2.45, 2.75) is 13.0 Å². The molecule has 0 bridgehead atoms. The number of rotatable bonds is 3. The van der Waals surface area contributed by atoms with Crippen LogP contribution in [0.3, 0.4) is 0 Å². The first-order chi connectivity index (χ1) is 10.2. The van der Waals surface area contributed by atoms with Gasteiger partial charge in [0.2, 0.25) is 0 Å². The van der Waals surface area contributed by atoms with E-state index in [4.69, 9.17) is 5.84 Å². The Balaban J connectivity index is 2.06. The van der Waals surface area contributed by atoms with Crippen LogP contribution in [0.1, 0.15) is 22.7 Å². The molecule has 0 aromatic heterocycles. The smallest absolute Gasteiger partial charge is 0.0710 e. The van der Waals surface area contributed by atoms with Crippen LogP contribution in [0, 0.1) is 6.92 Å². The van der Waals surface area contributed by atoms with Crippen LogP contribution in [0.15, 0.2) is 65.1 Å². The average molecular weight is 341 g/mol. The Kier molecular flexibility index (Phi) is 4.06. The summed E-state index contributed by atoms with van der Waals surface area (Å²) in [5.41, 5.74) is 6.50. The van der Waals surface area contributed by atoms with Crippen LogP contribution >= 0.6 is 15.9 Å². The maximum absolute atomic E-state index is 5.80. The van der Waals surface area contributed by atoms with E-state index in [1.54, 1.807) is 0 Å². The molecule has 0 fully saturated rings. The van der Waals surface area contributed by atoms with E-state index in [1.807, 2.05) is 0 Å². The lowest BCUT2D eigenvalue weighted by Gasteiger charge is -2.18. The van der Waals surface area contributed by atoms with Gasteiger partial charge in [-0.05, 0) is 47.0 Å². The Morgan fingerprint density at radius 2 is 1.62 bits per heavy atom. The van der Waals surface area contributed by atoms with Crippen molar-refractivity contribution in [1.29, 1.82) is 0 Å². The topological polar surface area (TPSA) is 38.0 Å². The molecule has 0 aliphatic carbocycles. The van der Waals surface area contributed by atoms with Crippen molar-refractivity contribution in [2.24, 2.45) is 5.84 Å². The first kappa shape index (κ1) is 14.3. The minimum atomic E-state index is -0.00190. The lowest BCUT2D eigenvalue weighted by atomic mass is 9.96. The molecule has 0 amide bonds. The highest BCUT2D eigenvalue weighted by atomic mass is 79.9.